The van der Waals surface area contributed by atoms with Crippen molar-refractivity contribution in [2.75, 3.05) is 0 Å². The summed E-state index contributed by atoms with van der Waals surface area (Å²) in [5.41, 5.74) is 1.13. The monoisotopic (exact) mass is 312 g/mol. The van der Waals surface area contributed by atoms with Gasteiger partial charge in [-0.2, -0.15) is 0 Å². The summed E-state index contributed by atoms with van der Waals surface area (Å²) in [7, 11) is 0. The molecule has 1 N–H and O–H groups in total. The van der Waals surface area contributed by atoms with Crippen LogP contribution in [0.25, 0.3) is 11.5 Å². The highest BCUT2D eigenvalue weighted by Crippen LogP contribution is 2.24. The highest BCUT2D eigenvalue weighted by molar-refractivity contribution is 9.10. The van der Waals surface area contributed by atoms with Crippen molar-refractivity contribution in [1.29, 1.82) is 0 Å². The fraction of sp³-hybridized carbons (Fsp3) is 0.308. The van der Waals surface area contributed by atoms with Crippen LogP contribution in [0, 0.1) is 5.82 Å². The number of oxazole rings is 1. The maximum Gasteiger partial charge on any atom is 0.229 e. The van der Waals surface area contributed by atoms with Gasteiger partial charge in [-0.1, -0.05) is 29.8 Å². The topological polar surface area (TPSA) is 38.1 Å². The van der Waals surface area contributed by atoms with Crippen molar-refractivity contribution in [2.45, 2.75) is 26.4 Å². The number of aromatic nitrogens is 1. The molecular weight excluding hydrogens is 299 g/mol. The van der Waals surface area contributed by atoms with Crippen LogP contribution in [0.2, 0.25) is 0 Å². The lowest BCUT2D eigenvalue weighted by Gasteiger charge is -2.04. The van der Waals surface area contributed by atoms with Gasteiger partial charge in [-0.15, -0.1) is 0 Å². The van der Waals surface area contributed by atoms with Crippen molar-refractivity contribution in [3.8, 4) is 11.5 Å². The molecule has 0 unspecified atom stereocenters. The van der Waals surface area contributed by atoms with Gasteiger partial charge in [0.25, 0.3) is 0 Å². The molecular formula is C13H14BrFN2O. The van der Waals surface area contributed by atoms with E-state index in [1.54, 1.807) is 18.4 Å². The van der Waals surface area contributed by atoms with E-state index in [1.165, 1.54) is 6.07 Å². The summed E-state index contributed by atoms with van der Waals surface area (Å²) in [6, 6.07) is 5.17. The first-order valence-electron chi connectivity index (χ1n) is 5.69. The Balaban J connectivity index is 2.18. The Bertz CT molecular complexity index is 540. The van der Waals surface area contributed by atoms with Crippen LogP contribution in [0.3, 0.4) is 0 Å². The second-order valence-electron chi connectivity index (χ2n) is 4.30. The molecule has 2 rings (SSSR count). The van der Waals surface area contributed by atoms with Crippen molar-refractivity contribution in [3.63, 3.8) is 0 Å². The van der Waals surface area contributed by atoms with Gasteiger partial charge in [-0.25, -0.2) is 9.37 Å². The van der Waals surface area contributed by atoms with Gasteiger partial charge in [-0.3, -0.25) is 0 Å². The summed E-state index contributed by atoms with van der Waals surface area (Å²) in [6.07, 6.45) is 1.55. The van der Waals surface area contributed by atoms with E-state index in [4.69, 9.17) is 4.42 Å². The number of benzene rings is 1. The highest BCUT2D eigenvalue weighted by Gasteiger charge is 2.11. The molecule has 0 aliphatic heterocycles. The molecule has 0 bridgehead atoms. The van der Waals surface area contributed by atoms with Crippen molar-refractivity contribution in [2.24, 2.45) is 0 Å². The van der Waals surface area contributed by atoms with Crippen LogP contribution in [-0.4, -0.2) is 11.0 Å². The Morgan fingerprint density at radius 2 is 2.22 bits per heavy atom. The largest absolute Gasteiger partial charge is 0.444 e. The number of halogens is 2. The zero-order valence-electron chi connectivity index (χ0n) is 10.2. The molecule has 0 radical (unpaired) electrons. The minimum Gasteiger partial charge on any atom is -0.444 e. The Morgan fingerprint density at radius 1 is 1.44 bits per heavy atom. The number of rotatable bonds is 4. The summed E-state index contributed by atoms with van der Waals surface area (Å²) in [5.74, 6) is -0.0462. The smallest absolute Gasteiger partial charge is 0.229 e. The van der Waals surface area contributed by atoms with Crippen molar-refractivity contribution >= 4 is 15.9 Å². The van der Waals surface area contributed by atoms with Gasteiger partial charge in [0.1, 0.15) is 12.1 Å². The van der Waals surface area contributed by atoms with E-state index in [0.29, 0.717) is 28.5 Å². The lowest BCUT2D eigenvalue weighted by Crippen LogP contribution is -2.21. The van der Waals surface area contributed by atoms with Gasteiger partial charge in [0.15, 0.2) is 0 Å². The quantitative estimate of drug-likeness (QED) is 0.934. The first kappa shape index (κ1) is 13.2. The second kappa shape index (κ2) is 5.63. The van der Waals surface area contributed by atoms with Crippen molar-refractivity contribution in [3.05, 3.63) is 40.4 Å². The van der Waals surface area contributed by atoms with Crippen LogP contribution in [-0.2, 0) is 6.54 Å². The van der Waals surface area contributed by atoms with Gasteiger partial charge >= 0.3 is 0 Å². The molecule has 0 atom stereocenters. The lowest BCUT2D eigenvalue weighted by molar-refractivity contribution is 0.553. The molecule has 2 aromatic rings. The minimum absolute atomic E-state index is 0.306. The van der Waals surface area contributed by atoms with E-state index >= 15 is 0 Å². The number of nitrogens with one attached hydrogen (secondary N) is 1. The third kappa shape index (κ3) is 3.17. The zero-order valence-corrected chi connectivity index (χ0v) is 11.8. The fourth-order valence-corrected chi connectivity index (χ4v) is 1.82. The van der Waals surface area contributed by atoms with Crippen LogP contribution < -0.4 is 5.32 Å². The SMILES string of the molecule is CC(C)NCc1coc(-c2ccc(Br)cc2F)n1. The maximum atomic E-state index is 13.7. The molecule has 0 aliphatic carbocycles. The summed E-state index contributed by atoms with van der Waals surface area (Å²) in [5, 5.41) is 3.23. The first-order valence-corrected chi connectivity index (χ1v) is 6.49. The van der Waals surface area contributed by atoms with Gasteiger partial charge in [-0.05, 0) is 18.2 Å². The molecule has 0 saturated carbocycles. The summed E-state index contributed by atoms with van der Waals surface area (Å²) in [4.78, 5) is 4.26. The van der Waals surface area contributed by atoms with E-state index in [2.05, 4.69) is 40.1 Å². The van der Waals surface area contributed by atoms with E-state index in [0.717, 1.165) is 5.69 Å². The molecule has 96 valence electrons. The normalized spacial score (nSPS) is 11.2. The van der Waals surface area contributed by atoms with E-state index < -0.39 is 0 Å². The first-order chi connectivity index (χ1) is 8.56. The molecule has 0 fully saturated rings. The Kier molecular flexibility index (Phi) is 4.14. The van der Waals surface area contributed by atoms with Crippen LogP contribution in [0.1, 0.15) is 19.5 Å². The summed E-state index contributed by atoms with van der Waals surface area (Å²) in [6.45, 7) is 4.71. The fourth-order valence-electron chi connectivity index (χ4n) is 1.48. The molecule has 0 saturated heterocycles. The molecule has 18 heavy (non-hydrogen) atoms. The van der Waals surface area contributed by atoms with Gasteiger partial charge < -0.3 is 9.73 Å². The predicted molar refractivity (Wildman–Crippen MR) is 71.6 cm³/mol. The Hall–Kier alpha value is -1.20. The van der Waals surface area contributed by atoms with Crippen molar-refractivity contribution in [1.82, 2.24) is 10.3 Å². The summed E-state index contributed by atoms with van der Waals surface area (Å²) >= 11 is 3.21. The Morgan fingerprint density at radius 3 is 2.89 bits per heavy atom. The average molecular weight is 313 g/mol. The number of nitrogens with zero attached hydrogens (tertiary/aromatic N) is 1. The maximum absolute atomic E-state index is 13.7. The summed E-state index contributed by atoms with van der Waals surface area (Å²) < 4.78 is 19.7. The van der Waals surface area contributed by atoms with Crippen LogP contribution in [0.4, 0.5) is 4.39 Å². The van der Waals surface area contributed by atoms with Crippen LogP contribution in [0.5, 0.6) is 0 Å². The van der Waals surface area contributed by atoms with Crippen LogP contribution in [0.15, 0.2) is 33.4 Å². The molecule has 1 aromatic carbocycles. The van der Waals surface area contributed by atoms with E-state index in [9.17, 15) is 4.39 Å². The molecule has 5 heteroatoms. The van der Waals surface area contributed by atoms with E-state index in [-0.39, 0.29) is 5.82 Å². The molecule has 0 spiro atoms. The number of hydrogen-bond acceptors (Lipinski definition) is 3. The molecule has 3 nitrogen and oxygen atoms in total. The minimum atomic E-state index is -0.352. The zero-order chi connectivity index (χ0) is 13.1. The standard InChI is InChI=1S/C13H14BrFN2O/c1-8(2)16-6-10-7-18-13(17-10)11-4-3-9(14)5-12(11)15/h3-5,7-8,16H,6H2,1-2H3. The Labute approximate surface area is 114 Å². The van der Waals surface area contributed by atoms with E-state index in [1.807, 2.05) is 0 Å². The predicted octanol–water partition coefficient (Wildman–Crippen LogP) is 3.74. The third-order valence-corrected chi connectivity index (χ3v) is 2.90. The van der Waals surface area contributed by atoms with Crippen LogP contribution >= 0.6 is 15.9 Å². The molecule has 1 aromatic heterocycles. The van der Waals surface area contributed by atoms with Gasteiger partial charge in [0, 0.05) is 17.1 Å². The molecule has 1 heterocycles. The highest BCUT2D eigenvalue weighted by atomic mass is 79.9. The average Bonchev–Trinajstić information content (AvgIpc) is 2.75. The third-order valence-electron chi connectivity index (χ3n) is 2.40. The van der Waals surface area contributed by atoms with Gasteiger partial charge in [0.2, 0.25) is 5.89 Å². The second-order valence-corrected chi connectivity index (χ2v) is 5.22. The van der Waals surface area contributed by atoms with Crippen molar-refractivity contribution < 1.29 is 8.81 Å². The number of hydrogen-bond donors (Lipinski definition) is 1. The molecule has 0 amide bonds. The lowest BCUT2D eigenvalue weighted by atomic mass is 10.2. The molecule has 0 aliphatic rings. The van der Waals surface area contributed by atoms with Gasteiger partial charge in [0.05, 0.1) is 11.3 Å².